The molecule has 0 amide bonds. The van der Waals surface area contributed by atoms with Crippen molar-refractivity contribution in [2.24, 2.45) is 0 Å². The summed E-state index contributed by atoms with van der Waals surface area (Å²) >= 11 is 0. The van der Waals surface area contributed by atoms with Crippen LogP contribution in [0, 0.1) is 11.3 Å². The number of para-hydroxylation sites is 1. The standard InChI is InChI=1S/C14H14N4O2S/c15-9-5-11-18(12-6-2-1-3-7-12)21(19,20)13-8-4-10-17-14(13)16/h1-4,6-8,10H,5,11H2,(H2,16,17). The van der Waals surface area contributed by atoms with Gasteiger partial charge < -0.3 is 5.73 Å². The zero-order valence-electron chi connectivity index (χ0n) is 11.2. The largest absolute Gasteiger partial charge is 0.383 e. The molecule has 0 saturated heterocycles. The van der Waals surface area contributed by atoms with Gasteiger partial charge in [-0.2, -0.15) is 5.26 Å². The summed E-state index contributed by atoms with van der Waals surface area (Å²) < 4.78 is 26.7. The van der Waals surface area contributed by atoms with Crippen LogP contribution in [0.5, 0.6) is 0 Å². The summed E-state index contributed by atoms with van der Waals surface area (Å²) in [7, 11) is -3.86. The second-order valence-corrected chi connectivity index (χ2v) is 6.04. The Bertz CT molecular complexity index is 754. The van der Waals surface area contributed by atoms with Crippen molar-refractivity contribution in [2.75, 3.05) is 16.6 Å². The van der Waals surface area contributed by atoms with Crippen LogP contribution in [0.25, 0.3) is 0 Å². The van der Waals surface area contributed by atoms with E-state index in [2.05, 4.69) is 4.98 Å². The Morgan fingerprint density at radius 3 is 2.52 bits per heavy atom. The van der Waals surface area contributed by atoms with E-state index in [4.69, 9.17) is 11.0 Å². The van der Waals surface area contributed by atoms with Gasteiger partial charge in [-0.25, -0.2) is 13.4 Å². The van der Waals surface area contributed by atoms with Gasteiger partial charge in [0.15, 0.2) is 0 Å². The van der Waals surface area contributed by atoms with Gasteiger partial charge in [0.05, 0.1) is 18.2 Å². The molecule has 6 nitrogen and oxygen atoms in total. The maximum absolute atomic E-state index is 12.8. The van der Waals surface area contributed by atoms with E-state index in [1.807, 2.05) is 6.07 Å². The normalized spacial score (nSPS) is 10.8. The summed E-state index contributed by atoms with van der Waals surface area (Å²) in [5.74, 6) is -0.0598. The topological polar surface area (TPSA) is 100 Å². The molecule has 0 unspecified atom stereocenters. The SMILES string of the molecule is N#CCCN(c1ccccc1)S(=O)(=O)c1cccnc1N. The maximum Gasteiger partial charge on any atom is 0.268 e. The number of pyridine rings is 1. The lowest BCUT2D eigenvalue weighted by Gasteiger charge is -2.23. The molecule has 108 valence electrons. The fourth-order valence-corrected chi connectivity index (χ4v) is 3.41. The van der Waals surface area contributed by atoms with Gasteiger partial charge in [-0.3, -0.25) is 4.31 Å². The first-order valence-electron chi connectivity index (χ1n) is 6.22. The molecule has 1 aromatic heterocycles. The number of anilines is 2. The number of hydrogen-bond donors (Lipinski definition) is 1. The molecule has 7 heteroatoms. The molecule has 2 aromatic rings. The fraction of sp³-hybridized carbons (Fsp3) is 0.143. The minimum atomic E-state index is -3.86. The molecule has 0 radical (unpaired) electrons. The summed E-state index contributed by atoms with van der Waals surface area (Å²) in [6, 6.07) is 13.5. The van der Waals surface area contributed by atoms with Gasteiger partial charge in [0.25, 0.3) is 10.0 Å². The van der Waals surface area contributed by atoms with Crippen LogP contribution in [-0.2, 0) is 10.0 Å². The van der Waals surface area contributed by atoms with E-state index in [0.717, 1.165) is 0 Å². The Labute approximate surface area is 123 Å². The van der Waals surface area contributed by atoms with Crippen LogP contribution in [0.4, 0.5) is 11.5 Å². The van der Waals surface area contributed by atoms with Gasteiger partial charge in [-0.1, -0.05) is 18.2 Å². The number of nitrogens with zero attached hydrogens (tertiary/aromatic N) is 3. The Morgan fingerprint density at radius 1 is 1.19 bits per heavy atom. The predicted octanol–water partition coefficient (Wildman–Crippen LogP) is 1.77. The summed E-state index contributed by atoms with van der Waals surface area (Å²) in [5, 5.41) is 8.74. The van der Waals surface area contributed by atoms with Gasteiger partial charge in [-0.15, -0.1) is 0 Å². The Hall–Kier alpha value is -2.59. The van der Waals surface area contributed by atoms with Gasteiger partial charge in [0, 0.05) is 12.7 Å². The molecule has 0 atom stereocenters. The van der Waals surface area contributed by atoms with Crippen molar-refractivity contribution in [2.45, 2.75) is 11.3 Å². The van der Waals surface area contributed by atoms with Crippen LogP contribution in [0.3, 0.4) is 0 Å². The lowest BCUT2D eigenvalue weighted by Crippen LogP contribution is -2.32. The van der Waals surface area contributed by atoms with Crippen LogP contribution < -0.4 is 10.0 Å². The van der Waals surface area contributed by atoms with Crippen molar-refractivity contribution in [3.63, 3.8) is 0 Å². The first-order chi connectivity index (χ1) is 10.1. The molecule has 0 aliphatic carbocycles. The molecule has 0 saturated carbocycles. The van der Waals surface area contributed by atoms with Crippen LogP contribution in [0.15, 0.2) is 53.6 Å². The number of rotatable bonds is 5. The molecule has 21 heavy (non-hydrogen) atoms. The molecule has 1 aromatic carbocycles. The van der Waals surface area contributed by atoms with Crippen molar-refractivity contribution in [3.8, 4) is 6.07 Å². The van der Waals surface area contributed by atoms with Crippen LogP contribution in [0.1, 0.15) is 6.42 Å². The van der Waals surface area contributed by atoms with E-state index in [-0.39, 0.29) is 23.7 Å². The van der Waals surface area contributed by atoms with Crippen molar-refractivity contribution in [1.82, 2.24) is 4.98 Å². The monoisotopic (exact) mass is 302 g/mol. The number of aromatic nitrogens is 1. The second-order valence-electron chi connectivity index (χ2n) is 4.21. The van der Waals surface area contributed by atoms with Crippen LogP contribution in [-0.4, -0.2) is 19.9 Å². The lowest BCUT2D eigenvalue weighted by molar-refractivity contribution is 0.591. The molecule has 2 rings (SSSR count). The van der Waals surface area contributed by atoms with Crippen LogP contribution >= 0.6 is 0 Å². The number of benzene rings is 1. The first kappa shape index (κ1) is 14.8. The lowest BCUT2D eigenvalue weighted by atomic mass is 10.3. The highest BCUT2D eigenvalue weighted by Gasteiger charge is 2.26. The highest BCUT2D eigenvalue weighted by Crippen LogP contribution is 2.25. The number of nitriles is 1. The van der Waals surface area contributed by atoms with Gasteiger partial charge in [0.1, 0.15) is 10.7 Å². The minimum absolute atomic E-state index is 0.0528. The number of nitrogen functional groups attached to an aromatic ring is 1. The zero-order valence-corrected chi connectivity index (χ0v) is 12.0. The highest BCUT2D eigenvalue weighted by atomic mass is 32.2. The molecule has 0 aliphatic heterocycles. The van der Waals surface area contributed by atoms with Gasteiger partial charge in [-0.05, 0) is 24.3 Å². The van der Waals surface area contributed by atoms with E-state index < -0.39 is 10.0 Å². The van der Waals surface area contributed by atoms with Crippen molar-refractivity contribution in [1.29, 1.82) is 5.26 Å². The molecule has 1 heterocycles. The summed E-state index contributed by atoms with van der Waals surface area (Å²) in [4.78, 5) is 3.75. The highest BCUT2D eigenvalue weighted by molar-refractivity contribution is 7.93. The van der Waals surface area contributed by atoms with Crippen molar-refractivity contribution < 1.29 is 8.42 Å². The number of sulfonamides is 1. The van der Waals surface area contributed by atoms with E-state index >= 15 is 0 Å². The fourth-order valence-electron chi connectivity index (χ4n) is 1.87. The third kappa shape index (κ3) is 3.12. The Morgan fingerprint density at radius 2 is 1.90 bits per heavy atom. The smallest absolute Gasteiger partial charge is 0.268 e. The molecular weight excluding hydrogens is 288 g/mol. The third-order valence-electron chi connectivity index (χ3n) is 2.84. The van der Waals surface area contributed by atoms with E-state index in [0.29, 0.717) is 5.69 Å². The molecule has 0 fully saturated rings. The van der Waals surface area contributed by atoms with Crippen molar-refractivity contribution in [3.05, 3.63) is 48.7 Å². The number of nitrogens with two attached hydrogens (primary N) is 1. The molecule has 2 N–H and O–H groups in total. The molecule has 0 bridgehead atoms. The zero-order chi connectivity index (χ0) is 15.3. The predicted molar refractivity (Wildman–Crippen MR) is 79.9 cm³/mol. The second kappa shape index (κ2) is 6.24. The average molecular weight is 302 g/mol. The molecule has 0 spiro atoms. The Balaban J connectivity index is 2.51. The molecule has 0 aliphatic rings. The average Bonchev–Trinajstić information content (AvgIpc) is 2.49. The Kier molecular flexibility index (Phi) is 4.40. The van der Waals surface area contributed by atoms with Crippen molar-refractivity contribution >= 4 is 21.5 Å². The van der Waals surface area contributed by atoms with Gasteiger partial charge in [0.2, 0.25) is 0 Å². The summed E-state index contributed by atoms with van der Waals surface area (Å²) in [6.45, 7) is 0.0528. The van der Waals surface area contributed by atoms with E-state index in [1.54, 1.807) is 30.3 Å². The maximum atomic E-state index is 12.8. The van der Waals surface area contributed by atoms with Gasteiger partial charge >= 0.3 is 0 Å². The third-order valence-corrected chi connectivity index (χ3v) is 4.71. The first-order valence-corrected chi connectivity index (χ1v) is 7.66. The quantitative estimate of drug-likeness (QED) is 0.907. The van der Waals surface area contributed by atoms with Crippen LogP contribution in [0.2, 0.25) is 0 Å². The van der Waals surface area contributed by atoms with E-state index in [1.165, 1.54) is 22.6 Å². The summed E-state index contributed by atoms with van der Waals surface area (Å²) in [5.41, 5.74) is 6.15. The minimum Gasteiger partial charge on any atom is -0.383 e. The van der Waals surface area contributed by atoms with E-state index in [9.17, 15) is 8.42 Å². The molecular formula is C14H14N4O2S. The number of hydrogen-bond acceptors (Lipinski definition) is 5. The summed E-state index contributed by atoms with van der Waals surface area (Å²) in [6.07, 6.45) is 1.50.